The summed E-state index contributed by atoms with van der Waals surface area (Å²) in [6, 6.07) is 11.2. The first-order valence-corrected chi connectivity index (χ1v) is 10.3. The van der Waals surface area contributed by atoms with Gasteiger partial charge in [0.05, 0.1) is 0 Å². The summed E-state index contributed by atoms with van der Waals surface area (Å²) in [5.41, 5.74) is 1.28. The SMILES string of the molecule is C[C@@H]1CCCCN1CCCNC(=O)NC[C@H]1CCN(c2ccccc2)C1. The molecule has 144 valence electrons. The van der Waals surface area contributed by atoms with E-state index in [1.807, 2.05) is 0 Å². The lowest BCUT2D eigenvalue weighted by molar-refractivity contribution is 0.159. The summed E-state index contributed by atoms with van der Waals surface area (Å²) in [7, 11) is 0. The smallest absolute Gasteiger partial charge is 0.314 e. The Morgan fingerprint density at radius 2 is 1.96 bits per heavy atom. The average molecular weight is 359 g/mol. The minimum Gasteiger partial charge on any atom is -0.371 e. The number of nitrogens with one attached hydrogen (secondary N) is 2. The predicted octanol–water partition coefficient (Wildman–Crippen LogP) is 3.08. The predicted molar refractivity (Wildman–Crippen MR) is 108 cm³/mol. The van der Waals surface area contributed by atoms with Crippen LogP contribution in [0.5, 0.6) is 0 Å². The Bertz CT molecular complexity index is 550. The van der Waals surface area contributed by atoms with Crippen LogP contribution in [-0.4, -0.2) is 56.2 Å². The van der Waals surface area contributed by atoms with Crippen molar-refractivity contribution in [1.29, 1.82) is 0 Å². The molecule has 0 unspecified atom stereocenters. The summed E-state index contributed by atoms with van der Waals surface area (Å²) >= 11 is 0. The molecule has 2 atom stereocenters. The van der Waals surface area contributed by atoms with E-state index < -0.39 is 0 Å². The van der Waals surface area contributed by atoms with E-state index in [9.17, 15) is 4.79 Å². The van der Waals surface area contributed by atoms with E-state index in [1.165, 1.54) is 31.5 Å². The number of benzene rings is 1. The number of hydrogen-bond acceptors (Lipinski definition) is 3. The van der Waals surface area contributed by atoms with Gasteiger partial charge in [0.1, 0.15) is 0 Å². The molecule has 2 N–H and O–H groups in total. The summed E-state index contributed by atoms with van der Waals surface area (Å²) < 4.78 is 0. The van der Waals surface area contributed by atoms with Gasteiger partial charge in [-0.25, -0.2) is 4.79 Å². The molecular weight excluding hydrogens is 324 g/mol. The molecule has 0 saturated carbocycles. The number of urea groups is 1. The zero-order chi connectivity index (χ0) is 18.2. The molecule has 0 bridgehead atoms. The highest BCUT2D eigenvalue weighted by Crippen LogP contribution is 2.22. The van der Waals surface area contributed by atoms with E-state index in [-0.39, 0.29) is 6.03 Å². The molecule has 3 rings (SSSR count). The zero-order valence-electron chi connectivity index (χ0n) is 16.1. The molecule has 0 aliphatic carbocycles. The van der Waals surface area contributed by atoms with Crippen molar-refractivity contribution in [3.05, 3.63) is 30.3 Å². The minimum absolute atomic E-state index is 0.0187. The normalized spacial score (nSPS) is 23.8. The highest BCUT2D eigenvalue weighted by atomic mass is 16.2. The second-order valence-corrected chi connectivity index (χ2v) is 7.81. The second kappa shape index (κ2) is 9.81. The zero-order valence-corrected chi connectivity index (χ0v) is 16.1. The van der Waals surface area contributed by atoms with Crippen LogP contribution in [0.1, 0.15) is 39.0 Å². The number of para-hydroxylation sites is 1. The van der Waals surface area contributed by atoms with E-state index in [0.29, 0.717) is 12.0 Å². The van der Waals surface area contributed by atoms with Crippen LogP contribution in [0, 0.1) is 5.92 Å². The summed E-state index contributed by atoms with van der Waals surface area (Å²) in [6.45, 7) is 8.25. The van der Waals surface area contributed by atoms with E-state index in [4.69, 9.17) is 0 Å². The van der Waals surface area contributed by atoms with Gasteiger partial charge in [0.25, 0.3) is 0 Å². The molecule has 2 amide bonds. The third kappa shape index (κ3) is 5.63. The van der Waals surface area contributed by atoms with Crippen molar-refractivity contribution in [3.63, 3.8) is 0 Å². The number of likely N-dealkylation sites (tertiary alicyclic amines) is 1. The fraction of sp³-hybridized carbons (Fsp3) is 0.667. The fourth-order valence-electron chi connectivity index (χ4n) is 4.15. The van der Waals surface area contributed by atoms with Gasteiger partial charge in [-0.15, -0.1) is 0 Å². The number of carbonyl (C=O) groups excluding carboxylic acids is 1. The number of amides is 2. The van der Waals surface area contributed by atoms with Gasteiger partial charge in [0.15, 0.2) is 0 Å². The first kappa shape index (κ1) is 19.0. The molecule has 26 heavy (non-hydrogen) atoms. The highest BCUT2D eigenvalue weighted by Gasteiger charge is 2.23. The Labute approximate surface area is 158 Å². The molecule has 2 saturated heterocycles. The lowest BCUT2D eigenvalue weighted by Crippen LogP contribution is -2.41. The van der Waals surface area contributed by atoms with Gasteiger partial charge >= 0.3 is 6.03 Å². The lowest BCUT2D eigenvalue weighted by atomic mass is 10.0. The van der Waals surface area contributed by atoms with E-state index in [1.54, 1.807) is 0 Å². The standard InChI is InChI=1S/C21H34N4O/c1-18-8-5-6-13-24(18)14-7-12-22-21(26)23-16-19-11-15-25(17-19)20-9-3-2-4-10-20/h2-4,9-10,18-19H,5-8,11-17H2,1H3,(H2,22,23,26)/t18-,19-/m1/s1. The summed E-state index contributed by atoms with van der Waals surface area (Å²) in [4.78, 5) is 17.0. The van der Waals surface area contributed by atoms with Gasteiger partial charge in [0.2, 0.25) is 0 Å². The van der Waals surface area contributed by atoms with E-state index in [2.05, 4.69) is 57.7 Å². The maximum atomic E-state index is 12.0. The van der Waals surface area contributed by atoms with Crippen molar-refractivity contribution in [2.24, 2.45) is 5.92 Å². The van der Waals surface area contributed by atoms with Gasteiger partial charge in [-0.3, -0.25) is 0 Å². The quantitative estimate of drug-likeness (QED) is 0.737. The lowest BCUT2D eigenvalue weighted by Gasteiger charge is -2.33. The average Bonchev–Trinajstić information content (AvgIpc) is 3.15. The Kier molecular flexibility index (Phi) is 7.18. The van der Waals surface area contributed by atoms with Crippen molar-refractivity contribution < 1.29 is 4.79 Å². The fourth-order valence-corrected chi connectivity index (χ4v) is 4.15. The van der Waals surface area contributed by atoms with Gasteiger partial charge in [-0.1, -0.05) is 24.6 Å². The van der Waals surface area contributed by atoms with Crippen molar-refractivity contribution >= 4 is 11.7 Å². The highest BCUT2D eigenvalue weighted by molar-refractivity contribution is 5.73. The molecule has 0 radical (unpaired) electrons. The van der Waals surface area contributed by atoms with E-state index in [0.717, 1.165) is 45.6 Å². The van der Waals surface area contributed by atoms with Crippen LogP contribution in [0.25, 0.3) is 0 Å². The summed E-state index contributed by atoms with van der Waals surface area (Å²) in [6.07, 6.45) is 6.17. The third-order valence-electron chi connectivity index (χ3n) is 5.81. The first-order valence-electron chi connectivity index (χ1n) is 10.3. The van der Waals surface area contributed by atoms with Crippen LogP contribution >= 0.6 is 0 Å². The number of piperidine rings is 1. The molecule has 2 heterocycles. The van der Waals surface area contributed by atoms with Gasteiger partial charge in [0, 0.05) is 44.5 Å². The number of anilines is 1. The molecule has 2 aliphatic heterocycles. The van der Waals surface area contributed by atoms with Crippen molar-refractivity contribution in [2.45, 2.75) is 45.1 Å². The molecule has 5 nitrogen and oxygen atoms in total. The Morgan fingerprint density at radius 1 is 1.12 bits per heavy atom. The minimum atomic E-state index is -0.0187. The van der Waals surface area contributed by atoms with Crippen LogP contribution < -0.4 is 15.5 Å². The van der Waals surface area contributed by atoms with E-state index >= 15 is 0 Å². The van der Waals surface area contributed by atoms with Crippen molar-refractivity contribution in [1.82, 2.24) is 15.5 Å². The molecule has 0 spiro atoms. The van der Waals surface area contributed by atoms with Crippen LogP contribution in [-0.2, 0) is 0 Å². The van der Waals surface area contributed by atoms with Crippen LogP contribution in [0.3, 0.4) is 0 Å². The maximum Gasteiger partial charge on any atom is 0.314 e. The number of rotatable bonds is 7. The molecule has 2 fully saturated rings. The van der Waals surface area contributed by atoms with Crippen molar-refractivity contribution in [2.75, 3.05) is 44.2 Å². The molecule has 1 aromatic carbocycles. The van der Waals surface area contributed by atoms with Gasteiger partial charge in [-0.05, 0) is 57.2 Å². The molecule has 5 heteroatoms. The van der Waals surface area contributed by atoms with Crippen LogP contribution in [0.2, 0.25) is 0 Å². The number of carbonyl (C=O) groups is 1. The van der Waals surface area contributed by atoms with Gasteiger partial charge in [-0.2, -0.15) is 0 Å². The summed E-state index contributed by atoms with van der Waals surface area (Å²) in [5.74, 6) is 0.537. The Morgan fingerprint density at radius 3 is 2.77 bits per heavy atom. The topological polar surface area (TPSA) is 47.6 Å². The number of hydrogen-bond donors (Lipinski definition) is 2. The largest absolute Gasteiger partial charge is 0.371 e. The summed E-state index contributed by atoms with van der Waals surface area (Å²) in [5, 5.41) is 6.07. The Balaban J connectivity index is 1.26. The monoisotopic (exact) mass is 358 g/mol. The molecule has 1 aromatic rings. The maximum absolute atomic E-state index is 12.0. The van der Waals surface area contributed by atoms with Crippen LogP contribution in [0.4, 0.5) is 10.5 Å². The third-order valence-corrected chi connectivity index (χ3v) is 5.81. The number of nitrogens with zero attached hydrogens (tertiary/aromatic N) is 2. The molecular formula is C21H34N4O. The Hall–Kier alpha value is -1.75. The first-order chi connectivity index (χ1) is 12.7. The molecule has 2 aliphatic rings. The molecule has 0 aromatic heterocycles. The van der Waals surface area contributed by atoms with Crippen molar-refractivity contribution in [3.8, 4) is 0 Å². The van der Waals surface area contributed by atoms with Crippen LogP contribution in [0.15, 0.2) is 30.3 Å². The second-order valence-electron chi connectivity index (χ2n) is 7.81. The van der Waals surface area contributed by atoms with Gasteiger partial charge < -0.3 is 20.4 Å².